The molecule has 25 heavy (non-hydrogen) atoms. The van der Waals surface area contributed by atoms with Crippen molar-refractivity contribution in [2.75, 3.05) is 6.61 Å². The first-order valence-electron chi connectivity index (χ1n) is 7.89. The van der Waals surface area contributed by atoms with Crippen molar-refractivity contribution in [1.29, 1.82) is 0 Å². The van der Waals surface area contributed by atoms with Crippen molar-refractivity contribution in [2.24, 2.45) is 0 Å². The van der Waals surface area contributed by atoms with Gasteiger partial charge < -0.3 is 6.16 Å². The first-order chi connectivity index (χ1) is 11.8. The molecule has 0 aromatic heterocycles. The molecule has 0 amide bonds. The summed E-state index contributed by atoms with van der Waals surface area (Å²) in [6, 6.07) is 30.1. The minimum atomic E-state index is -0.256. The van der Waals surface area contributed by atoms with Crippen LogP contribution >= 0.6 is 8.58 Å². The number of esters is 1. The van der Waals surface area contributed by atoms with Gasteiger partial charge in [-0.25, -0.2) is 4.79 Å². The van der Waals surface area contributed by atoms with Gasteiger partial charge in [0.05, 0.1) is 12.2 Å². The minimum Gasteiger partial charge on any atom is -1.00 e. The molecule has 0 fully saturated rings. The molecule has 0 bridgehead atoms. The SMILES string of the molecule is CCOC(=O)c1ccccc1.[H-].[Na+].c1ccc(Pc2ccccc2)cc1. The van der Waals surface area contributed by atoms with Gasteiger partial charge in [0.2, 0.25) is 0 Å². The van der Waals surface area contributed by atoms with Gasteiger partial charge in [-0.1, -0.05) is 87.4 Å². The number of rotatable bonds is 4. The average molecular weight is 360 g/mol. The maximum absolute atomic E-state index is 11.0. The van der Waals surface area contributed by atoms with Crippen molar-refractivity contribution in [3.8, 4) is 0 Å². The summed E-state index contributed by atoms with van der Waals surface area (Å²) < 4.78 is 4.79. The molecular weight excluding hydrogens is 338 g/mol. The molecular formula is C21H22NaO2P. The second-order valence-electron chi connectivity index (χ2n) is 4.94. The van der Waals surface area contributed by atoms with Crippen molar-refractivity contribution in [1.82, 2.24) is 0 Å². The largest absolute Gasteiger partial charge is 1.00 e. The Morgan fingerprint density at radius 1 is 0.800 bits per heavy atom. The molecule has 124 valence electrons. The molecule has 0 aliphatic heterocycles. The monoisotopic (exact) mass is 360 g/mol. The van der Waals surface area contributed by atoms with E-state index in [2.05, 4.69) is 60.7 Å². The first kappa shape index (κ1) is 21.6. The molecule has 0 unspecified atom stereocenters. The molecule has 0 atom stereocenters. The fourth-order valence-corrected chi connectivity index (χ4v) is 3.05. The summed E-state index contributed by atoms with van der Waals surface area (Å²) >= 11 is 0. The molecule has 0 radical (unpaired) electrons. The molecule has 0 N–H and O–H groups in total. The molecule has 4 heteroatoms. The Bertz CT molecular complexity index is 687. The third kappa shape index (κ3) is 8.47. The number of carbonyl (C=O) groups excluding carboxylic acids is 1. The Hall–Kier alpha value is -1.44. The number of ether oxygens (including phenoxy) is 1. The van der Waals surface area contributed by atoms with Gasteiger partial charge in [0.25, 0.3) is 0 Å². The smallest absolute Gasteiger partial charge is 1.00 e. The molecule has 3 rings (SSSR count). The normalized spacial score (nSPS) is 9.16. The zero-order valence-corrected chi connectivity index (χ0v) is 17.7. The van der Waals surface area contributed by atoms with Gasteiger partial charge >= 0.3 is 35.5 Å². The van der Waals surface area contributed by atoms with E-state index in [-0.39, 0.29) is 37.0 Å². The Morgan fingerprint density at radius 2 is 1.20 bits per heavy atom. The second kappa shape index (κ2) is 12.9. The maximum atomic E-state index is 11.0. The number of benzene rings is 3. The Kier molecular flexibility index (Phi) is 11.1. The summed E-state index contributed by atoms with van der Waals surface area (Å²) in [4.78, 5) is 11.0. The fourth-order valence-electron chi connectivity index (χ4n) is 2.00. The van der Waals surface area contributed by atoms with E-state index in [0.717, 1.165) is 8.58 Å². The molecule has 0 spiro atoms. The van der Waals surface area contributed by atoms with Crippen molar-refractivity contribution in [3.63, 3.8) is 0 Å². The Morgan fingerprint density at radius 3 is 1.60 bits per heavy atom. The van der Waals surface area contributed by atoms with Gasteiger partial charge in [0.1, 0.15) is 0 Å². The third-order valence-corrected chi connectivity index (χ3v) is 4.37. The van der Waals surface area contributed by atoms with E-state index in [4.69, 9.17) is 4.74 Å². The van der Waals surface area contributed by atoms with E-state index in [1.54, 1.807) is 19.1 Å². The summed E-state index contributed by atoms with van der Waals surface area (Å²) in [6.07, 6.45) is 0. The topological polar surface area (TPSA) is 26.3 Å². The van der Waals surface area contributed by atoms with E-state index in [1.165, 1.54) is 10.6 Å². The van der Waals surface area contributed by atoms with Gasteiger partial charge in [-0.3, -0.25) is 0 Å². The van der Waals surface area contributed by atoms with Crippen LogP contribution in [0.2, 0.25) is 0 Å². The van der Waals surface area contributed by atoms with E-state index in [0.29, 0.717) is 12.2 Å². The summed E-state index contributed by atoms with van der Waals surface area (Å²) in [5.41, 5.74) is 0.606. The summed E-state index contributed by atoms with van der Waals surface area (Å²) in [7, 11) is 0.777. The van der Waals surface area contributed by atoms with Crippen LogP contribution in [-0.4, -0.2) is 12.6 Å². The number of hydrogen-bond acceptors (Lipinski definition) is 2. The zero-order chi connectivity index (χ0) is 17.0. The Labute approximate surface area is 175 Å². The quantitative estimate of drug-likeness (QED) is 0.398. The fraction of sp³-hybridized carbons (Fsp3) is 0.0952. The van der Waals surface area contributed by atoms with Crippen molar-refractivity contribution in [3.05, 3.63) is 96.6 Å². The molecule has 0 saturated carbocycles. The third-order valence-electron chi connectivity index (χ3n) is 3.12. The van der Waals surface area contributed by atoms with Gasteiger partial charge in [-0.2, -0.15) is 0 Å². The van der Waals surface area contributed by atoms with Gasteiger partial charge in [0, 0.05) is 0 Å². The molecule has 0 aliphatic rings. The summed E-state index contributed by atoms with van der Waals surface area (Å²) in [6.45, 7) is 2.22. The van der Waals surface area contributed by atoms with Crippen LogP contribution in [0, 0.1) is 0 Å². The summed E-state index contributed by atoms with van der Waals surface area (Å²) in [5, 5.41) is 2.79. The van der Waals surface area contributed by atoms with Gasteiger partial charge in [-0.05, 0) is 29.7 Å². The Balaban J connectivity index is 0.000000453. The van der Waals surface area contributed by atoms with Crippen LogP contribution in [0.3, 0.4) is 0 Å². The molecule has 0 saturated heterocycles. The van der Waals surface area contributed by atoms with Crippen LogP contribution in [0.15, 0.2) is 91.0 Å². The zero-order valence-electron chi connectivity index (χ0n) is 15.7. The molecule has 2 nitrogen and oxygen atoms in total. The van der Waals surface area contributed by atoms with E-state index in [1.807, 2.05) is 18.2 Å². The molecule has 3 aromatic carbocycles. The van der Waals surface area contributed by atoms with Crippen LogP contribution in [0.5, 0.6) is 0 Å². The van der Waals surface area contributed by atoms with E-state index >= 15 is 0 Å². The van der Waals surface area contributed by atoms with Crippen LogP contribution in [0.1, 0.15) is 18.7 Å². The van der Waals surface area contributed by atoms with E-state index in [9.17, 15) is 4.79 Å². The molecule has 3 aromatic rings. The standard InChI is InChI=1S/C12H11P.C9H10O2.Na.H/c1-3-7-11(8-4-1)13-12-9-5-2-6-10-12;1-2-11-9(10)8-6-4-3-5-7-8;;/h1-10,13H;3-7H,2H2,1H3;;/q;;+1;-1. The minimum absolute atomic E-state index is 0. The number of hydrogen-bond donors (Lipinski definition) is 0. The predicted octanol–water partition coefficient (Wildman–Crippen LogP) is 1.30. The van der Waals surface area contributed by atoms with E-state index < -0.39 is 0 Å². The van der Waals surface area contributed by atoms with Crippen molar-refractivity contribution in [2.45, 2.75) is 6.92 Å². The van der Waals surface area contributed by atoms with Crippen LogP contribution < -0.4 is 40.2 Å². The van der Waals surface area contributed by atoms with Crippen LogP contribution in [0.25, 0.3) is 0 Å². The van der Waals surface area contributed by atoms with Crippen LogP contribution in [0.4, 0.5) is 0 Å². The van der Waals surface area contributed by atoms with Gasteiger partial charge in [0.15, 0.2) is 0 Å². The maximum Gasteiger partial charge on any atom is 1.00 e. The molecule has 0 heterocycles. The summed E-state index contributed by atoms with van der Waals surface area (Å²) in [5.74, 6) is -0.256. The predicted molar refractivity (Wildman–Crippen MR) is 104 cm³/mol. The van der Waals surface area contributed by atoms with Gasteiger partial charge in [-0.15, -0.1) is 0 Å². The van der Waals surface area contributed by atoms with Crippen molar-refractivity contribution >= 4 is 25.2 Å². The average Bonchev–Trinajstić information content (AvgIpc) is 2.65. The molecule has 0 aliphatic carbocycles. The van der Waals surface area contributed by atoms with Crippen molar-refractivity contribution < 1.29 is 40.5 Å². The first-order valence-corrected chi connectivity index (χ1v) is 8.89. The second-order valence-corrected chi connectivity index (χ2v) is 6.35. The van der Waals surface area contributed by atoms with Crippen LogP contribution in [-0.2, 0) is 4.74 Å². The number of carbonyl (C=O) groups is 1.